The Hall–Kier alpha value is -2.77. The lowest BCUT2D eigenvalue weighted by molar-refractivity contribution is -0.379. The molecule has 3 fully saturated rings. The van der Waals surface area contributed by atoms with Crippen molar-refractivity contribution >= 4 is 5.91 Å². The first kappa shape index (κ1) is 86.5. The molecule has 95 heavy (non-hydrogen) atoms. The highest BCUT2D eigenvalue weighted by Gasteiger charge is 2.53. The van der Waals surface area contributed by atoms with Crippen LogP contribution in [0, 0.1) is 0 Å². The van der Waals surface area contributed by atoms with Crippen molar-refractivity contribution in [1.29, 1.82) is 0 Å². The lowest BCUT2D eigenvalue weighted by Gasteiger charge is -2.48. The molecule has 3 rings (SSSR count). The van der Waals surface area contributed by atoms with E-state index in [2.05, 4.69) is 79.9 Å². The molecule has 1 amide bonds. The number of hydrogen-bond acceptors (Lipinski definition) is 18. The number of unbranched alkanes of at least 4 members (excludes halogenated alkanes) is 32. The molecule has 17 unspecified atom stereocenters. The SMILES string of the molecule is CC/C=C\C/C=C\C/C=C\C/C=C\CCCCCCCCCCCCCCCCCCCCCCCCCCCCC(=O)NC(COC1OC(CO)C(OC2OC(CO)C(OC3OC(CO)C(O)C(O)C3O)C(O)C2O)C(O)C1O)C(O)/C=C/CC/C=C/CCCCCCC. The van der Waals surface area contributed by atoms with Crippen LogP contribution in [0.25, 0.3) is 0 Å². The third-order valence-corrected chi connectivity index (χ3v) is 18.5. The smallest absolute Gasteiger partial charge is 0.220 e. The van der Waals surface area contributed by atoms with Crippen molar-refractivity contribution in [3.05, 3.63) is 72.9 Å². The molecular formula is C76H135NO18. The predicted octanol–water partition coefficient (Wildman–Crippen LogP) is 11.3. The Morgan fingerprint density at radius 3 is 1.18 bits per heavy atom. The summed E-state index contributed by atoms with van der Waals surface area (Å²) in [6, 6.07) is -0.989. The van der Waals surface area contributed by atoms with Crippen molar-refractivity contribution in [2.45, 2.75) is 375 Å². The van der Waals surface area contributed by atoms with E-state index < -0.39 is 124 Å². The first-order chi connectivity index (χ1) is 46.3. The van der Waals surface area contributed by atoms with Gasteiger partial charge in [0.1, 0.15) is 73.2 Å². The summed E-state index contributed by atoms with van der Waals surface area (Å²) in [4.78, 5) is 13.4. The summed E-state index contributed by atoms with van der Waals surface area (Å²) < 4.78 is 34.3. The fraction of sp³-hybridized carbons (Fsp3) is 0.829. The van der Waals surface area contributed by atoms with Crippen LogP contribution in [0.3, 0.4) is 0 Å². The van der Waals surface area contributed by atoms with E-state index in [-0.39, 0.29) is 18.9 Å². The van der Waals surface area contributed by atoms with Gasteiger partial charge in [-0.15, -0.1) is 0 Å². The van der Waals surface area contributed by atoms with Crippen molar-refractivity contribution < 1.29 is 89.4 Å². The van der Waals surface area contributed by atoms with Gasteiger partial charge in [0.15, 0.2) is 18.9 Å². The number of amides is 1. The molecule has 0 bridgehead atoms. The van der Waals surface area contributed by atoms with Gasteiger partial charge in [-0.1, -0.05) is 267 Å². The highest BCUT2D eigenvalue weighted by molar-refractivity contribution is 5.76. The minimum atomic E-state index is -1.98. The number of rotatable bonds is 58. The molecule has 12 N–H and O–H groups in total. The van der Waals surface area contributed by atoms with Crippen LogP contribution in [0.5, 0.6) is 0 Å². The topological polar surface area (TPSA) is 307 Å². The summed E-state index contributed by atoms with van der Waals surface area (Å²) in [5, 5.41) is 120. The monoisotopic (exact) mass is 1350 g/mol. The number of ether oxygens (including phenoxy) is 6. The highest BCUT2D eigenvalue weighted by Crippen LogP contribution is 2.33. The van der Waals surface area contributed by atoms with Crippen LogP contribution in [0.1, 0.15) is 271 Å². The zero-order valence-corrected chi connectivity index (χ0v) is 58.6. The van der Waals surface area contributed by atoms with E-state index >= 15 is 0 Å². The summed E-state index contributed by atoms with van der Waals surface area (Å²) in [7, 11) is 0. The van der Waals surface area contributed by atoms with E-state index in [1.807, 2.05) is 6.08 Å². The summed E-state index contributed by atoms with van der Waals surface area (Å²) in [5.41, 5.74) is 0. The zero-order valence-electron chi connectivity index (χ0n) is 58.6. The number of nitrogens with one attached hydrogen (secondary N) is 1. The number of hydrogen-bond donors (Lipinski definition) is 12. The van der Waals surface area contributed by atoms with Gasteiger partial charge in [-0.3, -0.25) is 4.79 Å². The van der Waals surface area contributed by atoms with E-state index in [0.717, 1.165) is 64.2 Å². The summed E-state index contributed by atoms with van der Waals surface area (Å²) in [6.45, 7) is 1.57. The molecule has 0 saturated carbocycles. The molecule has 3 saturated heterocycles. The van der Waals surface area contributed by atoms with E-state index in [0.29, 0.717) is 12.8 Å². The minimum Gasteiger partial charge on any atom is -0.394 e. The fourth-order valence-corrected chi connectivity index (χ4v) is 12.4. The standard InChI is InChI=1S/C76H135NO18/c1-3-5-7-9-11-13-15-16-17-18-19-20-21-22-23-24-25-26-27-28-29-30-31-32-33-34-35-36-37-38-39-40-41-42-44-46-48-50-52-54-64(82)77-59(60(81)53-51-49-47-45-43-14-12-10-8-6-4-2)58-90-74-70(88)67(85)72(62(56-79)92-74)95-76-71(89)68(86)73(63(57-80)93-76)94-75-69(87)66(84)65(83)61(55-78)91-75/h5,7,11,13,16-17,19-20,43,45,51,53,59-63,65-76,78-81,83-89H,3-4,6,8-10,12,14-15,18,21-42,44,46-50,52,54-58H2,1-2H3,(H,77,82)/b7-5-,13-11-,17-16-,20-19-,45-43+,53-51+. The third kappa shape index (κ3) is 38.0. The van der Waals surface area contributed by atoms with E-state index in [4.69, 9.17) is 28.4 Å². The second kappa shape index (κ2) is 56.9. The Kier molecular flexibility index (Phi) is 51.8. The predicted molar refractivity (Wildman–Crippen MR) is 374 cm³/mol. The van der Waals surface area contributed by atoms with Gasteiger partial charge < -0.3 is 89.9 Å². The van der Waals surface area contributed by atoms with Crippen molar-refractivity contribution in [3.63, 3.8) is 0 Å². The molecule has 3 aliphatic heterocycles. The maximum absolute atomic E-state index is 13.4. The maximum Gasteiger partial charge on any atom is 0.220 e. The molecule has 17 atom stereocenters. The second-order valence-corrected chi connectivity index (χ2v) is 26.7. The molecule has 552 valence electrons. The van der Waals surface area contributed by atoms with Crippen molar-refractivity contribution in [1.82, 2.24) is 5.32 Å². The molecule has 0 radical (unpaired) electrons. The van der Waals surface area contributed by atoms with Crippen LogP contribution >= 0.6 is 0 Å². The average Bonchev–Trinajstić information content (AvgIpc) is 0.787. The molecule has 0 aromatic heterocycles. The second-order valence-electron chi connectivity index (χ2n) is 26.7. The lowest BCUT2D eigenvalue weighted by atomic mass is 9.96. The molecule has 0 spiro atoms. The van der Waals surface area contributed by atoms with Crippen molar-refractivity contribution in [3.8, 4) is 0 Å². The largest absolute Gasteiger partial charge is 0.394 e. The lowest BCUT2D eigenvalue weighted by Crippen LogP contribution is -2.66. The van der Waals surface area contributed by atoms with E-state index in [1.165, 1.54) is 173 Å². The van der Waals surface area contributed by atoms with Gasteiger partial charge in [0.2, 0.25) is 5.91 Å². The molecule has 0 aliphatic carbocycles. The van der Waals surface area contributed by atoms with Crippen molar-refractivity contribution in [2.75, 3.05) is 26.4 Å². The van der Waals surface area contributed by atoms with Crippen LogP contribution in [0.4, 0.5) is 0 Å². The van der Waals surface area contributed by atoms with Gasteiger partial charge in [-0.2, -0.15) is 0 Å². The van der Waals surface area contributed by atoms with Gasteiger partial charge in [0, 0.05) is 6.42 Å². The minimum absolute atomic E-state index is 0.237. The average molecular weight is 1350 g/mol. The molecule has 3 heterocycles. The molecule has 0 aromatic rings. The van der Waals surface area contributed by atoms with Crippen LogP contribution in [0.2, 0.25) is 0 Å². The Morgan fingerprint density at radius 1 is 0.389 bits per heavy atom. The van der Waals surface area contributed by atoms with Crippen LogP contribution in [-0.4, -0.2) is 193 Å². The van der Waals surface area contributed by atoms with Gasteiger partial charge in [0.25, 0.3) is 0 Å². The molecule has 19 nitrogen and oxygen atoms in total. The molecule has 3 aliphatic rings. The summed E-state index contributed by atoms with van der Waals surface area (Å²) in [6.07, 6.45) is 46.5. The number of allylic oxidation sites excluding steroid dienone is 11. The van der Waals surface area contributed by atoms with E-state index in [1.54, 1.807) is 6.08 Å². The Balaban J connectivity index is 1.27. The molecule has 0 aromatic carbocycles. The molecule has 19 heteroatoms. The quantitative estimate of drug-likeness (QED) is 0.0199. The Labute approximate surface area is 572 Å². The maximum atomic E-state index is 13.4. The van der Waals surface area contributed by atoms with Gasteiger partial charge in [0.05, 0.1) is 38.6 Å². The van der Waals surface area contributed by atoms with Crippen LogP contribution in [0.15, 0.2) is 72.9 Å². The highest BCUT2D eigenvalue weighted by atomic mass is 16.8. The molecular weight excluding hydrogens is 1210 g/mol. The van der Waals surface area contributed by atoms with Crippen LogP contribution < -0.4 is 5.32 Å². The van der Waals surface area contributed by atoms with Gasteiger partial charge >= 0.3 is 0 Å². The first-order valence-electron chi connectivity index (χ1n) is 37.7. The number of aliphatic hydroxyl groups is 11. The van der Waals surface area contributed by atoms with Gasteiger partial charge in [-0.25, -0.2) is 0 Å². The number of aliphatic hydroxyl groups excluding tert-OH is 11. The zero-order chi connectivity index (χ0) is 68.9. The summed E-state index contributed by atoms with van der Waals surface area (Å²) in [5.74, 6) is -0.284. The number of carbonyl (C=O) groups excluding carboxylic acids is 1. The first-order valence-corrected chi connectivity index (χ1v) is 37.7. The van der Waals surface area contributed by atoms with Crippen LogP contribution in [-0.2, 0) is 33.2 Å². The summed E-state index contributed by atoms with van der Waals surface area (Å²) >= 11 is 0. The van der Waals surface area contributed by atoms with E-state index in [9.17, 15) is 61.0 Å². The fourth-order valence-electron chi connectivity index (χ4n) is 12.4. The Bertz CT molecular complexity index is 2000. The number of carbonyl (C=O) groups is 1. The third-order valence-electron chi connectivity index (χ3n) is 18.5. The Morgan fingerprint density at radius 2 is 0.737 bits per heavy atom. The van der Waals surface area contributed by atoms with Crippen molar-refractivity contribution in [2.24, 2.45) is 0 Å². The van der Waals surface area contributed by atoms with Gasteiger partial charge in [-0.05, 0) is 70.6 Å². The normalized spacial score (nSPS) is 27.6.